The summed E-state index contributed by atoms with van der Waals surface area (Å²) in [6.45, 7) is -0.0213. The van der Waals surface area contributed by atoms with E-state index in [1.807, 2.05) is 29.5 Å². The first-order chi connectivity index (χ1) is 11.5. The fourth-order valence-corrected chi connectivity index (χ4v) is 6.30. The molecule has 0 radical (unpaired) electrons. The van der Waals surface area contributed by atoms with Crippen LogP contribution < -0.4 is 9.47 Å². The number of fused-ring (bicyclic) bond motifs is 2. The van der Waals surface area contributed by atoms with Gasteiger partial charge in [0.25, 0.3) is 5.01 Å². The predicted molar refractivity (Wildman–Crippen MR) is 104 cm³/mol. The smallest absolute Gasteiger partial charge is 0.323 e. The number of benzene rings is 1. The normalized spacial score (nSPS) is 15.4. The van der Waals surface area contributed by atoms with Gasteiger partial charge in [-0.2, -0.15) is 4.57 Å². The van der Waals surface area contributed by atoms with E-state index in [1.54, 1.807) is 34.4 Å². The zero-order valence-corrected chi connectivity index (χ0v) is 16.6. The molecule has 0 saturated heterocycles. The van der Waals surface area contributed by atoms with E-state index in [0.717, 1.165) is 29.9 Å². The zero-order chi connectivity index (χ0) is 16.8. The summed E-state index contributed by atoms with van der Waals surface area (Å²) >= 11 is 8.42. The monoisotopic (exact) mass is 439 g/mol. The predicted octanol–water partition coefficient (Wildman–Crippen LogP) is 4.55. The number of aryl methyl sites for hydroxylation is 1. The number of carboxylic acid groups (broad SMARTS) is 1. The molecule has 4 nitrogen and oxygen atoms in total. The summed E-state index contributed by atoms with van der Waals surface area (Å²) in [6, 6.07) is 8.28. The maximum absolute atomic E-state index is 11.2. The molecule has 0 atom stereocenters. The Labute approximate surface area is 159 Å². The second kappa shape index (κ2) is 6.18. The van der Waals surface area contributed by atoms with Crippen molar-refractivity contribution < 1.29 is 14.5 Å². The molecule has 2 aromatic heterocycles. The van der Waals surface area contributed by atoms with Crippen LogP contribution in [0.1, 0.15) is 5.01 Å². The van der Waals surface area contributed by atoms with Crippen LogP contribution in [-0.4, -0.2) is 17.6 Å². The first-order valence-corrected chi connectivity index (χ1v) is 10.4. The highest BCUT2D eigenvalue weighted by Gasteiger charge is 2.29. The van der Waals surface area contributed by atoms with Gasteiger partial charge in [-0.1, -0.05) is 39.0 Å². The number of halogens is 1. The number of thioether (sulfide) groups is 1. The first-order valence-electron chi connectivity index (χ1n) is 7.07. The second-order valence-electron chi connectivity index (χ2n) is 5.27. The Hall–Kier alpha value is -1.35. The van der Waals surface area contributed by atoms with E-state index in [2.05, 4.69) is 38.7 Å². The topological polar surface area (TPSA) is 44.4 Å². The lowest BCUT2D eigenvalue weighted by atomic mass is 10.3. The molecule has 0 amide bonds. The number of thiophene rings is 1. The zero-order valence-electron chi connectivity index (χ0n) is 12.5. The number of hydrogen-bond acceptors (Lipinski definition) is 5. The van der Waals surface area contributed by atoms with Crippen molar-refractivity contribution in [3.05, 3.63) is 44.2 Å². The molecule has 3 aromatic rings. The van der Waals surface area contributed by atoms with Gasteiger partial charge in [-0.3, -0.25) is 4.79 Å². The molecule has 1 N–H and O–H groups in total. The standard InChI is InChI=1S/C16H11BrN2O2S3/c1-18-10-6-9(17)2-3-11(10)23-13(18)7-14-19(8-15(20)21)16-12(24-14)4-5-22-16/h2-7H,8H2,1H3/p+1. The van der Waals surface area contributed by atoms with Gasteiger partial charge in [0, 0.05) is 15.4 Å². The largest absolute Gasteiger partial charge is 0.480 e. The number of anilines is 1. The molecule has 3 heterocycles. The number of hydrogen-bond donors (Lipinski definition) is 1. The minimum atomic E-state index is -0.826. The van der Waals surface area contributed by atoms with Gasteiger partial charge in [0.1, 0.15) is 23.3 Å². The summed E-state index contributed by atoms with van der Waals surface area (Å²) in [4.78, 5) is 14.3. The van der Waals surface area contributed by atoms with Gasteiger partial charge in [0.2, 0.25) is 5.52 Å². The summed E-state index contributed by atoms with van der Waals surface area (Å²) in [6.07, 6.45) is 2.08. The van der Waals surface area contributed by atoms with E-state index in [9.17, 15) is 9.90 Å². The van der Waals surface area contributed by atoms with E-state index in [1.165, 1.54) is 4.70 Å². The van der Waals surface area contributed by atoms with E-state index in [0.29, 0.717) is 0 Å². The summed E-state index contributed by atoms with van der Waals surface area (Å²) in [5, 5.41) is 14.3. The molecule has 4 rings (SSSR count). The van der Waals surface area contributed by atoms with Crippen molar-refractivity contribution in [2.45, 2.75) is 4.90 Å². The molecule has 0 bridgehead atoms. The maximum Gasteiger partial charge on any atom is 0.323 e. The van der Waals surface area contributed by atoms with Crippen molar-refractivity contribution in [3.63, 3.8) is 0 Å². The van der Waals surface area contributed by atoms with Gasteiger partial charge in [0.05, 0.1) is 11.1 Å². The molecule has 122 valence electrons. The van der Waals surface area contributed by atoms with Crippen molar-refractivity contribution in [1.29, 1.82) is 0 Å². The minimum Gasteiger partial charge on any atom is -0.480 e. The fraction of sp³-hybridized carbons (Fsp3) is 0.125. The highest BCUT2D eigenvalue weighted by Crippen LogP contribution is 2.49. The summed E-state index contributed by atoms with van der Waals surface area (Å²) in [5.74, 6) is -0.826. The van der Waals surface area contributed by atoms with Gasteiger partial charge in [-0.25, -0.2) is 0 Å². The number of nitrogens with zero attached hydrogens (tertiary/aromatic N) is 2. The van der Waals surface area contributed by atoms with Gasteiger partial charge < -0.3 is 10.0 Å². The second-order valence-corrected chi connectivity index (χ2v) is 9.20. The Morgan fingerprint density at radius 3 is 3.04 bits per heavy atom. The highest BCUT2D eigenvalue weighted by atomic mass is 79.9. The highest BCUT2D eigenvalue weighted by molar-refractivity contribution is 9.10. The van der Waals surface area contributed by atoms with Crippen LogP contribution in [0, 0.1) is 0 Å². The molecular formula is C16H12BrN2O2S3+. The van der Waals surface area contributed by atoms with E-state index < -0.39 is 5.97 Å². The quantitative estimate of drug-likeness (QED) is 0.608. The maximum atomic E-state index is 11.2. The van der Waals surface area contributed by atoms with E-state index >= 15 is 0 Å². The number of carboxylic acids is 1. The third kappa shape index (κ3) is 2.77. The van der Waals surface area contributed by atoms with Crippen LogP contribution >= 0.6 is 50.4 Å². The van der Waals surface area contributed by atoms with Crippen molar-refractivity contribution in [3.8, 4) is 0 Å². The molecule has 0 fully saturated rings. The van der Waals surface area contributed by atoms with Gasteiger partial charge in [0.15, 0.2) is 0 Å². The van der Waals surface area contributed by atoms with Crippen molar-refractivity contribution in [1.82, 2.24) is 0 Å². The van der Waals surface area contributed by atoms with Crippen LogP contribution in [0.25, 0.3) is 16.3 Å². The number of carbonyl (C=O) groups is 1. The summed E-state index contributed by atoms with van der Waals surface area (Å²) in [7, 11) is 2.04. The van der Waals surface area contributed by atoms with Crippen LogP contribution in [-0.2, 0) is 11.8 Å². The van der Waals surface area contributed by atoms with Crippen molar-refractivity contribution in [2.24, 2.45) is 7.05 Å². The third-order valence-corrected chi connectivity index (χ3v) is 7.52. The average molecular weight is 440 g/mol. The van der Waals surface area contributed by atoms with Crippen LogP contribution in [0.4, 0.5) is 5.00 Å². The first kappa shape index (κ1) is 16.1. The molecule has 1 aliphatic heterocycles. The van der Waals surface area contributed by atoms with Crippen LogP contribution in [0.5, 0.6) is 0 Å². The Morgan fingerprint density at radius 2 is 2.25 bits per heavy atom. The average Bonchev–Trinajstić information content (AvgIpc) is 3.18. The molecule has 0 unspecified atom stereocenters. The molecule has 24 heavy (non-hydrogen) atoms. The number of thiazole rings is 1. The van der Waals surface area contributed by atoms with E-state index in [-0.39, 0.29) is 6.54 Å². The summed E-state index contributed by atoms with van der Waals surface area (Å²) < 4.78 is 4.39. The van der Waals surface area contributed by atoms with Gasteiger partial charge in [-0.05, 0) is 23.6 Å². The Bertz CT molecular complexity index is 993. The van der Waals surface area contributed by atoms with Gasteiger partial charge >= 0.3 is 5.97 Å². The molecule has 1 aliphatic rings. The Morgan fingerprint density at radius 1 is 1.42 bits per heavy atom. The van der Waals surface area contributed by atoms with E-state index in [4.69, 9.17) is 0 Å². The molecule has 0 aliphatic carbocycles. The minimum absolute atomic E-state index is 0.0213. The number of rotatable bonds is 3. The Balaban J connectivity index is 1.79. The molecule has 1 aromatic carbocycles. The fourth-order valence-electron chi connectivity index (χ4n) is 2.59. The summed E-state index contributed by atoms with van der Waals surface area (Å²) in [5.41, 5.74) is 1.16. The number of aliphatic carboxylic acids is 1. The lowest BCUT2D eigenvalue weighted by molar-refractivity contribution is -0.642. The van der Waals surface area contributed by atoms with Crippen LogP contribution in [0.15, 0.2) is 44.0 Å². The lowest BCUT2D eigenvalue weighted by Gasteiger charge is -2.15. The third-order valence-electron chi connectivity index (χ3n) is 3.70. The number of aromatic nitrogens is 1. The molecule has 0 spiro atoms. The van der Waals surface area contributed by atoms with Crippen molar-refractivity contribution >= 4 is 77.6 Å². The van der Waals surface area contributed by atoms with Crippen LogP contribution in [0.2, 0.25) is 0 Å². The molecular weight excluding hydrogens is 428 g/mol. The van der Waals surface area contributed by atoms with Crippen LogP contribution in [0.3, 0.4) is 0 Å². The SMILES string of the molecule is C[n+]1c(C=C2Sc3ccsc3N2CC(=O)O)sc2ccc(Br)cc21. The Kier molecular flexibility index (Phi) is 4.16. The molecule has 0 saturated carbocycles. The van der Waals surface area contributed by atoms with Crippen molar-refractivity contribution in [2.75, 3.05) is 11.4 Å². The molecule has 8 heteroatoms. The lowest BCUT2D eigenvalue weighted by Crippen LogP contribution is -2.30. The van der Waals surface area contributed by atoms with Gasteiger partial charge in [-0.15, -0.1) is 11.3 Å².